The number of fused-ring (bicyclic) bond motifs is 1. The van der Waals surface area contributed by atoms with E-state index in [1.807, 2.05) is 0 Å². The molecular formula is C14H12ClN5O2S. The second-order valence-electron chi connectivity index (χ2n) is 4.63. The van der Waals surface area contributed by atoms with Crippen LogP contribution in [0.15, 0.2) is 41.5 Å². The van der Waals surface area contributed by atoms with E-state index in [9.17, 15) is 9.59 Å². The Morgan fingerprint density at radius 1 is 1.39 bits per heavy atom. The van der Waals surface area contributed by atoms with E-state index in [0.29, 0.717) is 27.9 Å². The first kappa shape index (κ1) is 15.6. The normalized spacial score (nSPS) is 10.8. The van der Waals surface area contributed by atoms with Crippen LogP contribution in [0, 0.1) is 0 Å². The van der Waals surface area contributed by atoms with Gasteiger partial charge in [0.2, 0.25) is 5.91 Å². The molecule has 1 amide bonds. The number of amides is 1. The van der Waals surface area contributed by atoms with Gasteiger partial charge >= 0.3 is 0 Å². The Labute approximate surface area is 140 Å². The van der Waals surface area contributed by atoms with E-state index >= 15 is 0 Å². The Kier molecular flexibility index (Phi) is 4.63. The van der Waals surface area contributed by atoms with E-state index in [0.717, 1.165) is 0 Å². The summed E-state index contributed by atoms with van der Waals surface area (Å²) >= 11 is 7.34. The zero-order valence-electron chi connectivity index (χ0n) is 11.8. The van der Waals surface area contributed by atoms with Gasteiger partial charge in [0.25, 0.3) is 11.3 Å². The highest BCUT2D eigenvalue weighted by molar-refractivity contribution is 7.99. The van der Waals surface area contributed by atoms with Crippen LogP contribution in [0.25, 0.3) is 5.78 Å². The summed E-state index contributed by atoms with van der Waals surface area (Å²) in [5.41, 5.74) is 0.926. The fourth-order valence-electron chi connectivity index (χ4n) is 1.94. The number of para-hydroxylation sites is 1. The van der Waals surface area contributed by atoms with Crippen molar-refractivity contribution in [1.82, 2.24) is 19.6 Å². The maximum Gasteiger partial charge on any atom is 0.274 e. The van der Waals surface area contributed by atoms with Gasteiger partial charge in [-0.2, -0.15) is 4.52 Å². The van der Waals surface area contributed by atoms with Gasteiger partial charge in [-0.15, -0.1) is 11.8 Å². The lowest BCUT2D eigenvalue weighted by atomic mass is 10.3. The van der Waals surface area contributed by atoms with Gasteiger partial charge in [-0.25, -0.2) is 9.97 Å². The van der Waals surface area contributed by atoms with Crippen molar-refractivity contribution in [3.8, 4) is 0 Å². The van der Waals surface area contributed by atoms with E-state index in [-0.39, 0.29) is 17.2 Å². The number of nitrogens with zero attached hydrogens (tertiary/aromatic N) is 3. The third-order valence-corrected chi connectivity index (χ3v) is 4.25. The van der Waals surface area contributed by atoms with E-state index in [1.54, 1.807) is 24.3 Å². The molecule has 0 atom stereocenters. The first-order valence-corrected chi connectivity index (χ1v) is 8.21. The molecular weight excluding hydrogens is 338 g/mol. The van der Waals surface area contributed by atoms with Crippen molar-refractivity contribution in [2.75, 3.05) is 11.1 Å². The number of carbonyl (C=O) groups excluding carboxylic acids is 1. The van der Waals surface area contributed by atoms with Crippen molar-refractivity contribution in [3.63, 3.8) is 0 Å². The molecule has 2 N–H and O–H groups in total. The number of thioether (sulfide) groups is 1. The van der Waals surface area contributed by atoms with Crippen LogP contribution in [0.3, 0.4) is 0 Å². The maximum absolute atomic E-state index is 11.9. The summed E-state index contributed by atoms with van der Waals surface area (Å²) in [6, 6.07) is 8.46. The van der Waals surface area contributed by atoms with Crippen LogP contribution in [0.1, 0.15) is 5.69 Å². The molecule has 2 aromatic heterocycles. The molecule has 9 heteroatoms. The second kappa shape index (κ2) is 6.84. The van der Waals surface area contributed by atoms with Crippen molar-refractivity contribution < 1.29 is 4.79 Å². The highest BCUT2D eigenvalue weighted by atomic mass is 35.5. The minimum atomic E-state index is -0.233. The monoisotopic (exact) mass is 349 g/mol. The van der Waals surface area contributed by atoms with Crippen molar-refractivity contribution in [2.45, 2.75) is 5.75 Å². The average Bonchev–Trinajstić information content (AvgIpc) is 2.99. The number of H-pyrrole nitrogens is 1. The smallest absolute Gasteiger partial charge is 0.274 e. The molecule has 3 aromatic rings. The van der Waals surface area contributed by atoms with Crippen LogP contribution in [0.5, 0.6) is 0 Å². The lowest BCUT2D eigenvalue weighted by molar-refractivity contribution is -0.113. The van der Waals surface area contributed by atoms with Crippen molar-refractivity contribution in [1.29, 1.82) is 0 Å². The van der Waals surface area contributed by atoms with Crippen molar-refractivity contribution >= 4 is 40.7 Å². The standard InChI is InChI=1S/C14H12ClN5O2S/c15-10-3-1-2-4-11(10)19-12(21)7-23-6-9-5-13(22)20-14(18-9)16-8-17-20/h1-5,8H,6-7H2,(H,19,21)(H,16,17,18). The molecule has 23 heavy (non-hydrogen) atoms. The van der Waals surface area contributed by atoms with Gasteiger partial charge in [0.1, 0.15) is 6.33 Å². The summed E-state index contributed by atoms with van der Waals surface area (Å²) in [5.74, 6) is 0.816. The van der Waals surface area contributed by atoms with Crippen molar-refractivity contribution in [3.05, 3.63) is 57.7 Å². The van der Waals surface area contributed by atoms with E-state index in [4.69, 9.17) is 11.6 Å². The molecule has 3 rings (SSSR count). The number of hydrogen-bond acceptors (Lipinski definition) is 5. The summed E-state index contributed by atoms with van der Waals surface area (Å²) in [5, 5.41) is 5.90. The van der Waals surface area contributed by atoms with Gasteiger partial charge in [-0.05, 0) is 12.1 Å². The summed E-state index contributed by atoms with van der Waals surface area (Å²) < 4.78 is 1.25. The molecule has 0 spiro atoms. The van der Waals surface area contributed by atoms with Crippen molar-refractivity contribution in [2.24, 2.45) is 0 Å². The SMILES string of the molecule is O=C(CSCc1cc(=O)n2[nH]cnc2n1)Nc1ccccc1Cl. The van der Waals surface area contributed by atoms with Gasteiger partial charge in [0.15, 0.2) is 0 Å². The Morgan fingerprint density at radius 3 is 3.04 bits per heavy atom. The first-order chi connectivity index (χ1) is 11.1. The van der Waals surface area contributed by atoms with E-state index in [2.05, 4.69) is 20.4 Å². The third kappa shape index (κ3) is 3.72. The zero-order chi connectivity index (χ0) is 16.2. The first-order valence-electron chi connectivity index (χ1n) is 6.67. The summed E-state index contributed by atoms with van der Waals surface area (Å²) in [7, 11) is 0. The Morgan fingerprint density at radius 2 is 2.22 bits per heavy atom. The van der Waals surface area contributed by atoms with Gasteiger partial charge in [-0.1, -0.05) is 23.7 Å². The second-order valence-corrected chi connectivity index (χ2v) is 6.02. The van der Waals surface area contributed by atoms with Gasteiger partial charge < -0.3 is 5.32 Å². The number of aromatic amines is 1. The minimum absolute atomic E-state index is 0.166. The maximum atomic E-state index is 11.9. The number of hydrogen-bond donors (Lipinski definition) is 2. The molecule has 0 aliphatic carbocycles. The summed E-state index contributed by atoms with van der Waals surface area (Å²) in [6.45, 7) is 0. The molecule has 0 bridgehead atoms. The highest BCUT2D eigenvalue weighted by Crippen LogP contribution is 2.20. The van der Waals surface area contributed by atoms with Crippen LogP contribution in [-0.4, -0.2) is 31.2 Å². The predicted molar refractivity (Wildman–Crippen MR) is 89.9 cm³/mol. The molecule has 0 saturated heterocycles. The number of benzene rings is 1. The predicted octanol–water partition coefficient (Wildman–Crippen LogP) is 1.94. The molecule has 7 nitrogen and oxygen atoms in total. The summed E-state index contributed by atoms with van der Waals surface area (Å²) in [6.07, 6.45) is 1.40. The lowest BCUT2D eigenvalue weighted by Crippen LogP contribution is -2.16. The quantitative estimate of drug-likeness (QED) is 0.734. The third-order valence-electron chi connectivity index (χ3n) is 2.95. The van der Waals surface area contributed by atoms with Crippen LogP contribution >= 0.6 is 23.4 Å². The summed E-state index contributed by atoms with van der Waals surface area (Å²) in [4.78, 5) is 31.9. The van der Waals surface area contributed by atoms with Crippen LogP contribution in [0.2, 0.25) is 5.02 Å². The van der Waals surface area contributed by atoms with Crippen LogP contribution in [0.4, 0.5) is 5.69 Å². The molecule has 118 valence electrons. The Balaban J connectivity index is 1.57. The van der Waals surface area contributed by atoms with Gasteiger partial charge in [-0.3, -0.25) is 14.7 Å². The Bertz CT molecular complexity index is 907. The van der Waals surface area contributed by atoms with E-state index in [1.165, 1.54) is 28.7 Å². The Hall–Kier alpha value is -2.32. The zero-order valence-corrected chi connectivity index (χ0v) is 13.4. The fourth-order valence-corrected chi connectivity index (χ4v) is 2.84. The number of nitrogens with one attached hydrogen (secondary N) is 2. The molecule has 0 aliphatic rings. The van der Waals surface area contributed by atoms with Gasteiger partial charge in [0, 0.05) is 11.8 Å². The van der Waals surface area contributed by atoms with Gasteiger partial charge in [0.05, 0.1) is 22.2 Å². The largest absolute Gasteiger partial charge is 0.324 e. The lowest BCUT2D eigenvalue weighted by Gasteiger charge is -2.06. The molecule has 0 saturated carbocycles. The van der Waals surface area contributed by atoms with Crippen LogP contribution < -0.4 is 10.9 Å². The number of anilines is 1. The topological polar surface area (TPSA) is 92.1 Å². The number of aromatic nitrogens is 4. The number of rotatable bonds is 5. The number of carbonyl (C=O) groups is 1. The fraction of sp³-hybridized carbons (Fsp3) is 0.143. The molecule has 0 fully saturated rings. The number of halogens is 1. The minimum Gasteiger partial charge on any atom is -0.324 e. The molecule has 0 unspecified atom stereocenters. The van der Waals surface area contributed by atoms with E-state index < -0.39 is 0 Å². The molecule has 2 heterocycles. The molecule has 1 aromatic carbocycles. The molecule has 0 aliphatic heterocycles. The molecule has 0 radical (unpaired) electrons. The average molecular weight is 350 g/mol. The van der Waals surface area contributed by atoms with Crippen LogP contribution in [-0.2, 0) is 10.5 Å². The highest BCUT2D eigenvalue weighted by Gasteiger charge is 2.08.